The topological polar surface area (TPSA) is 76.1 Å². The van der Waals surface area contributed by atoms with Crippen LogP contribution in [0.2, 0.25) is 0 Å². The van der Waals surface area contributed by atoms with Crippen LogP contribution in [0.1, 0.15) is 27.3 Å². The average Bonchev–Trinajstić information content (AvgIpc) is 3.09. The first-order chi connectivity index (χ1) is 12.0. The highest BCUT2D eigenvalue weighted by atomic mass is 32.2. The van der Waals surface area contributed by atoms with Gasteiger partial charge in [-0.25, -0.2) is 13.4 Å². The van der Waals surface area contributed by atoms with Gasteiger partial charge in [0.1, 0.15) is 9.88 Å². The van der Waals surface area contributed by atoms with Crippen molar-refractivity contribution in [1.29, 1.82) is 0 Å². The number of thiazole rings is 1. The Kier molecular flexibility index (Phi) is 4.82. The van der Waals surface area contributed by atoms with Crippen LogP contribution in [0.15, 0.2) is 24.3 Å². The molecular formula is C16H15F3N2O3S2. The van der Waals surface area contributed by atoms with E-state index in [1.54, 1.807) is 6.92 Å². The minimum atomic E-state index is -4.41. The third-order valence-electron chi connectivity index (χ3n) is 4.03. The van der Waals surface area contributed by atoms with Gasteiger partial charge in [-0.3, -0.25) is 4.79 Å². The molecule has 0 unspecified atom stereocenters. The van der Waals surface area contributed by atoms with Crippen molar-refractivity contribution in [3.8, 4) is 10.6 Å². The van der Waals surface area contributed by atoms with Crippen LogP contribution in [-0.2, 0) is 16.0 Å². The van der Waals surface area contributed by atoms with Crippen LogP contribution in [0.25, 0.3) is 10.6 Å². The van der Waals surface area contributed by atoms with E-state index < -0.39 is 33.5 Å². The predicted octanol–water partition coefficient (Wildman–Crippen LogP) is 3.05. The number of aryl methyl sites for hydroxylation is 1. The lowest BCUT2D eigenvalue weighted by atomic mass is 10.1. The lowest BCUT2D eigenvalue weighted by Crippen LogP contribution is -2.35. The summed E-state index contributed by atoms with van der Waals surface area (Å²) in [5, 5.41) is 3.12. The highest BCUT2D eigenvalue weighted by Gasteiger charge is 2.31. The predicted molar refractivity (Wildman–Crippen MR) is 91.8 cm³/mol. The normalized spacial score (nSPS) is 19.5. The average molecular weight is 404 g/mol. The summed E-state index contributed by atoms with van der Waals surface area (Å²) in [5.74, 6) is -0.445. The van der Waals surface area contributed by atoms with Crippen molar-refractivity contribution in [2.45, 2.75) is 25.6 Å². The first-order valence-corrected chi connectivity index (χ1v) is 10.4. The van der Waals surface area contributed by atoms with E-state index in [-0.39, 0.29) is 11.5 Å². The zero-order chi connectivity index (χ0) is 19.1. The van der Waals surface area contributed by atoms with E-state index >= 15 is 0 Å². The summed E-state index contributed by atoms with van der Waals surface area (Å²) in [5.41, 5.74) is 0.173. The van der Waals surface area contributed by atoms with Gasteiger partial charge in [0.2, 0.25) is 0 Å². The van der Waals surface area contributed by atoms with E-state index in [4.69, 9.17) is 0 Å². The molecule has 1 saturated heterocycles. The molecule has 1 fully saturated rings. The number of benzene rings is 1. The smallest absolute Gasteiger partial charge is 0.347 e. The highest BCUT2D eigenvalue weighted by molar-refractivity contribution is 7.91. The minimum absolute atomic E-state index is 0.0520. The molecule has 0 radical (unpaired) electrons. The first-order valence-electron chi connectivity index (χ1n) is 7.71. The van der Waals surface area contributed by atoms with Crippen LogP contribution in [0.4, 0.5) is 13.2 Å². The number of nitrogens with one attached hydrogen (secondary N) is 1. The SMILES string of the molecule is Cc1nc(-c2ccc(C(F)(F)F)cc2)sc1C(=O)N[C@@H]1CCS(=O)(=O)C1. The Hall–Kier alpha value is -1.94. The Morgan fingerprint density at radius 1 is 1.27 bits per heavy atom. The van der Waals surface area contributed by atoms with Gasteiger partial charge in [0, 0.05) is 11.6 Å². The summed E-state index contributed by atoms with van der Waals surface area (Å²) in [6.45, 7) is 1.63. The molecule has 1 atom stereocenters. The number of carbonyl (C=O) groups is 1. The summed E-state index contributed by atoms with van der Waals surface area (Å²) in [6.07, 6.45) is -4.04. The lowest BCUT2D eigenvalue weighted by Gasteiger charge is -2.09. The van der Waals surface area contributed by atoms with Crippen LogP contribution >= 0.6 is 11.3 Å². The second-order valence-corrected chi connectivity index (χ2v) is 9.31. The van der Waals surface area contributed by atoms with Crippen molar-refractivity contribution >= 4 is 27.1 Å². The molecule has 140 valence electrons. The molecule has 0 saturated carbocycles. The molecular weight excluding hydrogens is 389 g/mol. The maximum absolute atomic E-state index is 12.6. The standard InChI is InChI=1S/C16H15F3N2O3S2/c1-9-13(14(22)21-12-6-7-26(23,24)8-12)25-15(20-9)10-2-4-11(5-3-10)16(17,18)19/h2-5,12H,6-8H2,1H3,(H,21,22)/t12-/m1/s1. The summed E-state index contributed by atoms with van der Waals surface area (Å²) in [4.78, 5) is 17.0. The summed E-state index contributed by atoms with van der Waals surface area (Å²) < 4.78 is 60.9. The Morgan fingerprint density at radius 3 is 2.46 bits per heavy atom. The number of carbonyl (C=O) groups excluding carboxylic acids is 1. The molecule has 1 aliphatic rings. The van der Waals surface area contributed by atoms with E-state index in [1.807, 2.05) is 0 Å². The van der Waals surface area contributed by atoms with E-state index in [0.29, 0.717) is 27.6 Å². The molecule has 2 aromatic rings. The number of amides is 1. The molecule has 5 nitrogen and oxygen atoms in total. The van der Waals surface area contributed by atoms with E-state index in [0.717, 1.165) is 23.5 Å². The molecule has 2 heterocycles. The second-order valence-electron chi connectivity index (χ2n) is 6.08. The number of rotatable bonds is 3. The molecule has 1 aliphatic heterocycles. The molecule has 1 amide bonds. The molecule has 0 aliphatic carbocycles. The van der Waals surface area contributed by atoms with Crippen molar-refractivity contribution in [3.05, 3.63) is 40.4 Å². The third-order valence-corrected chi connectivity index (χ3v) is 7.00. The van der Waals surface area contributed by atoms with E-state index in [9.17, 15) is 26.4 Å². The van der Waals surface area contributed by atoms with E-state index in [2.05, 4.69) is 10.3 Å². The molecule has 0 bridgehead atoms. The zero-order valence-corrected chi connectivity index (χ0v) is 15.3. The van der Waals surface area contributed by atoms with Crippen molar-refractivity contribution in [2.24, 2.45) is 0 Å². The number of alkyl halides is 3. The number of halogens is 3. The Labute approximate surface area is 152 Å². The van der Waals surface area contributed by atoms with Crippen LogP contribution in [-0.4, -0.2) is 36.9 Å². The fourth-order valence-corrected chi connectivity index (χ4v) is 5.34. The van der Waals surface area contributed by atoms with Gasteiger partial charge in [-0.2, -0.15) is 13.2 Å². The maximum Gasteiger partial charge on any atom is 0.416 e. The molecule has 1 N–H and O–H groups in total. The molecule has 26 heavy (non-hydrogen) atoms. The van der Waals surface area contributed by atoms with Gasteiger partial charge in [0.25, 0.3) is 5.91 Å². The summed E-state index contributed by atoms with van der Waals surface area (Å²) in [7, 11) is -3.11. The molecule has 0 spiro atoms. The number of nitrogens with zero attached hydrogens (tertiary/aromatic N) is 1. The Bertz CT molecular complexity index is 935. The van der Waals surface area contributed by atoms with Crippen LogP contribution < -0.4 is 5.32 Å². The van der Waals surface area contributed by atoms with Crippen molar-refractivity contribution < 1.29 is 26.4 Å². The quantitative estimate of drug-likeness (QED) is 0.853. The van der Waals surface area contributed by atoms with Crippen molar-refractivity contribution in [2.75, 3.05) is 11.5 Å². The van der Waals surface area contributed by atoms with Gasteiger partial charge in [0.05, 0.1) is 22.8 Å². The second kappa shape index (κ2) is 6.66. The van der Waals surface area contributed by atoms with Gasteiger partial charge in [-0.1, -0.05) is 12.1 Å². The molecule has 1 aromatic heterocycles. The number of sulfone groups is 1. The van der Waals surface area contributed by atoms with Gasteiger partial charge in [0.15, 0.2) is 9.84 Å². The first kappa shape index (κ1) is 18.8. The summed E-state index contributed by atoms with van der Waals surface area (Å²) in [6, 6.07) is 4.13. The number of aromatic nitrogens is 1. The minimum Gasteiger partial charge on any atom is -0.347 e. The Morgan fingerprint density at radius 2 is 1.92 bits per heavy atom. The van der Waals surface area contributed by atoms with Gasteiger partial charge >= 0.3 is 6.18 Å². The number of hydrogen-bond acceptors (Lipinski definition) is 5. The van der Waals surface area contributed by atoms with Crippen LogP contribution in [0, 0.1) is 6.92 Å². The molecule has 3 rings (SSSR count). The molecule has 1 aromatic carbocycles. The van der Waals surface area contributed by atoms with Crippen LogP contribution in [0.5, 0.6) is 0 Å². The fourth-order valence-electron chi connectivity index (χ4n) is 2.69. The monoisotopic (exact) mass is 404 g/mol. The highest BCUT2D eigenvalue weighted by Crippen LogP contribution is 2.33. The van der Waals surface area contributed by atoms with Gasteiger partial charge < -0.3 is 5.32 Å². The summed E-state index contributed by atoms with van der Waals surface area (Å²) >= 11 is 1.06. The van der Waals surface area contributed by atoms with Crippen LogP contribution in [0.3, 0.4) is 0 Å². The fraction of sp³-hybridized carbons (Fsp3) is 0.375. The van der Waals surface area contributed by atoms with Crippen molar-refractivity contribution in [3.63, 3.8) is 0 Å². The van der Waals surface area contributed by atoms with E-state index in [1.165, 1.54) is 12.1 Å². The maximum atomic E-state index is 12.6. The molecule has 10 heteroatoms. The van der Waals surface area contributed by atoms with Gasteiger partial charge in [-0.15, -0.1) is 11.3 Å². The lowest BCUT2D eigenvalue weighted by molar-refractivity contribution is -0.137. The number of hydrogen-bond donors (Lipinski definition) is 1. The zero-order valence-electron chi connectivity index (χ0n) is 13.6. The third kappa shape index (κ3) is 4.07. The Balaban J connectivity index is 1.77. The van der Waals surface area contributed by atoms with Gasteiger partial charge in [-0.05, 0) is 25.5 Å². The largest absolute Gasteiger partial charge is 0.416 e. The van der Waals surface area contributed by atoms with Crippen molar-refractivity contribution in [1.82, 2.24) is 10.3 Å².